The minimum atomic E-state index is -4.33. The van der Waals surface area contributed by atoms with Gasteiger partial charge in [-0.05, 0) is 87.0 Å². The fraction of sp³-hybridized carbons (Fsp3) is 0.290. The van der Waals surface area contributed by atoms with Gasteiger partial charge in [0.1, 0.15) is 17.1 Å². The Morgan fingerprint density at radius 3 is 1.51 bits per heavy atom. The molecule has 240 valence electrons. The van der Waals surface area contributed by atoms with Crippen molar-refractivity contribution in [2.75, 3.05) is 23.1 Å². The second kappa shape index (κ2) is 15.1. The van der Waals surface area contributed by atoms with Gasteiger partial charge in [-0.1, -0.05) is 12.1 Å². The topological polar surface area (TPSA) is 170 Å². The average Bonchev–Trinajstić information content (AvgIpc) is 2.94. The fourth-order valence-corrected chi connectivity index (χ4v) is 5.67. The zero-order valence-electron chi connectivity index (χ0n) is 25.8. The van der Waals surface area contributed by atoms with Crippen LogP contribution in [0.15, 0.2) is 72.8 Å². The van der Waals surface area contributed by atoms with E-state index in [1.165, 1.54) is 38.1 Å². The third-order valence-electron chi connectivity index (χ3n) is 5.69. The predicted octanol–water partition coefficient (Wildman–Crippen LogP) is 6.53. The number of hydrogen-bond donors (Lipinski definition) is 4. The van der Waals surface area contributed by atoms with Crippen molar-refractivity contribution in [3.63, 3.8) is 0 Å². The number of benzene rings is 3. The first-order chi connectivity index (χ1) is 21.1. The van der Waals surface area contributed by atoms with Gasteiger partial charge in [0.25, 0.3) is 0 Å². The molecule has 0 spiro atoms. The van der Waals surface area contributed by atoms with Crippen molar-refractivity contribution < 1.29 is 42.3 Å². The molecule has 4 amide bonds. The number of ether oxygens (including phenoxy) is 2. The van der Waals surface area contributed by atoms with Gasteiger partial charge >= 0.3 is 19.8 Å². The van der Waals surface area contributed by atoms with Gasteiger partial charge in [0.2, 0.25) is 11.8 Å². The van der Waals surface area contributed by atoms with E-state index in [-0.39, 0.29) is 29.7 Å². The van der Waals surface area contributed by atoms with E-state index in [4.69, 9.17) is 18.5 Å². The Labute approximate surface area is 261 Å². The summed E-state index contributed by atoms with van der Waals surface area (Å²) in [4.78, 5) is 47.5. The summed E-state index contributed by atoms with van der Waals surface area (Å²) in [5, 5.41) is 10.5. The highest BCUT2D eigenvalue weighted by Crippen LogP contribution is 2.53. The third kappa shape index (κ3) is 11.5. The number of rotatable bonds is 11. The minimum Gasteiger partial charge on any atom is -0.453 e. The molecule has 45 heavy (non-hydrogen) atoms. The summed E-state index contributed by atoms with van der Waals surface area (Å²) >= 11 is 0. The second-order valence-corrected chi connectivity index (χ2v) is 12.9. The van der Waals surface area contributed by atoms with Crippen molar-refractivity contribution in [3.05, 3.63) is 78.4 Å². The Bertz CT molecular complexity index is 1470. The van der Waals surface area contributed by atoms with E-state index >= 15 is 0 Å². The maximum absolute atomic E-state index is 14.7. The smallest absolute Gasteiger partial charge is 0.453 e. The number of alkyl carbamates (subject to hydrolysis) is 1. The summed E-state index contributed by atoms with van der Waals surface area (Å²) < 4.78 is 36.7. The second-order valence-electron chi connectivity index (χ2n) is 10.8. The van der Waals surface area contributed by atoms with Gasteiger partial charge in [0.15, 0.2) is 5.78 Å². The van der Waals surface area contributed by atoms with Crippen LogP contribution in [-0.4, -0.2) is 42.5 Å². The van der Waals surface area contributed by atoms with Crippen LogP contribution in [0.25, 0.3) is 0 Å². The molecule has 0 saturated heterocycles. The Hall–Kier alpha value is -5.03. The van der Waals surface area contributed by atoms with E-state index < -0.39 is 31.2 Å². The monoisotopic (exact) mass is 640 g/mol. The number of hydrogen-bond acceptors (Lipinski definition) is 9. The maximum atomic E-state index is 14.7. The van der Waals surface area contributed by atoms with E-state index in [0.717, 1.165) is 7.11 Å². The zero-order chi connectivity index (χ0) is 33.2. The van der Waals surface area contributed by atoms with E-state index in [9.17, 15) is 23.7 Å². The molecular formula is C31H37N4O9P. The van der Waals surface area contributed by atoms with Crippen LogP contribution >= 0.6 is 7.60 Å². The van der Waals surface area contributed by atoms with E-state index in [1.54, 1.807) is 69.3 Å². The molecule has 3 rings (SSSR count). The van der Waals surface area contributed by atoms with Gasteiger partial charge < -0.3 is 34.5 Å². The molecule has 0 aliphatic carbocycles. The van der Waals surface area contributed by atoms with Gasteiger partial charge in [0.05, 0.1) is 7.11 Å². The van der Waals surface area contributed by atoms with Crippen LogP contribution in [0.2, 0.25) is 0 Å². The SMILES string of the molecule is COC(=O)NC(Cc1ccc(NC(=O)OC(C)(C)C)cc1)P(=O)(Oc1ccc(NC(C)=O)cc1)Oc1ccc(NC(C)=O)cc1. The lowest BCUT2D eigenvalue weighted by Crippen LogP contribution is -2.38. The lowest BCUT2D eigenvalue weighted by atomic mass is 10.1. The van der Waals surface area contributed by atoms with Crippen molar-refractivity contribution in [1.82, 2.24) is 5.32 Å². The fourth-order valence-electron chi connectivity index (χ4n) is 3.85. The molecule has 4 N–H and O–H groups in total. The largest absolute Gasteiger partial charge is 0.453 e. The standard InChI is InChI=1S/C31H37N4O9P/c1-20(36)32-23-11-15-26(16-12-23)43-45(40,44-27-17-13-24(14-18-27)33-21(2)37)28(35-29(38)41-6)19-22-7-9-25(10-8-22)34-30(39)42-31(3,4)5/h7-18,28H,19H2,1-6H3,(H,32,36)(H,33,37)(H,34,39)(H,35,38). The van der Waals surface area contributed by atoms with Crippen molar-refractivity contribution in [1.29, 1.82) is 0 Å². The van der Waals surface area contributed by atoms with Crippen LogP contribution in [0.4, 0.5) is 26.7 Å². The van der Waals surface area contributed by atoms with Gasteiger partial charge in [-0.2, -0.15) is 0 Å². The summed E-state index contributed by atoms with van der Waals surface area (Å²) in [6.45, 7) is 7.99. The Kier molecular flexibility index (Phi) is 11.6. The summed E-state index contributed by atoms with van der Waals surface area (Å²) in [6, 6.07) is 18.8. The van der Waals surface area contributed by atoms with Crippen molar-refractivity contribution in [3.8, 4) is 11.5 Å². The molecule has 0 aliphatic heterocycles. The van der Waals surface area contributed by atoms with Gasteiger partial charge in [0, 0.05) is 37.3 Å². The number of anilines is 3. The van der Waals surface area contributed by atoms with Crippen molar-refractivity contribution in [2.24, 2.45) is 0 Å². The normalized spacial score (nSPS) is 11.8. The highest BCUT2D eigenvalue weighted by Gasteiger charge is 2.41. The molecule has 1 unspecified atom stereocenters. The van der Waals surface area contributed by atoms with Gasteiger partial charge in [-0.3, -0.25) is 14.9 Å². The maximum Gasteiger partial charge on any atom is 0.453 e. The number of nitrogens with one attached hydrogen (secondary N) is 4. The Balaban J connectivity index is 1.94. The lowest BCUT2D eigenvalue weighted by molar-refractivity contribution is -0.115. The molecule has 0 heterocycles. The third-order valence-corrected chi connectivity index (χ3v) is 7.70. The summed E-state index contributed by atoms with van der Waals surface area (Å²) in [5.74, 6) is -1.53. The molecule has 0 fully saturated rings. The summed E-state index contributed by atoms with van der Waals surface area (Å²) in [7, 11) is -3.16. The summed E-state index contributed by atoms with van der Waals surface area (Å²) in [5.41, 5.74) is 1.37. The molecule has 0 aromatic heterocycles. The van der Waals surface area contributed by atoms with Crippen LogP contribution < -0.4 is 30.3 Å². The minimum absolute atomic E-state index is 0.0347. The predicted molar refractivity (Wildman–Crippen MR) is 170 cm³/mol. The molecule has 0 aliphatic rings. The van der Waals surface area contributed by atoms with E-state index in [1.807, 2.05) is 0 Å². The van der Waals surface area contributed by atoms with E-state index in [2.05, 4.69) is 21.3 Å². The van der Waals surface area contributed by atoms with Gasteiger partial charge in [-0.15, -0.1) is 0 Å². The average molecular weight is 641 g/mol. The Morgan fingerprint density at radius 1 is 0.689 bits per heavy atom. The quantitative estimate of drug-likeness (QED) is 0.170. The Morgan fingerprint density at radius 2 is 1.11 bits per heavy atom. The van der Waals surface area contributed by atoms with Crippen molar-refractivity contribution in [2.45, 2.75) is 52.4 Å². The van der Waals surface area contributed by atoms with Crippen LogP contribution in [0.1, 0.15) is 40.2 Å². The number of carbonyl (C=O) groups is 4. The molecule has 0 saturated carbocycles. The zero-order valence-corrected chi connectivity index (χ0v) is 26.7. The lowest BCUT2D eigenvalue weighted by Gasteiger charge is -2.28. The first-order valence-electron chi connectivity index (χ1n) is 13.8. The molecule has 1 atom stereocenters. The van der Waals surface area contributed by atoms with Crippen LogP contribution in [0, 0.1) is 0 Å². The number of amides is 4. The molecule has 3 aromatic rings. The van der Waals surface area contributed by atoms with E-state index in [0.29, 0.717) is 22.6 Å². The molecule has 14 heteroatoms. The van der Waals surface area contributed by atoms with Crippen molar-refractivity contribution >= 4 is 48.7 Å². The first kappa shape index (κ1) is 34.5. The van der Waals surface area contributed by atoms with Crippen LogP contribution in [-0.2, 0) is 30.0 Å². The molecule has 0 radical (unpaired) electrons. The first-order valence-corrected chi connectivity index (χ1v) is 15.4. The molecule has 0 bridgehead atoms. The van der Waals surface area contributed by atoms with Crippen LogP contribution in [0.5, 0.6) is 11.5 Å². The molecule has 3 aromatic carbocycles. The number of carbonyl (C=O) groups excluding carboxylic acids is 4. The number of methoxy groups -OCH3 is 1. The highest BCUT2D eigenvalue weighted by atomic mass is 31.2. The molecule has 13 nitrogen and oxygen atoms in total. The van der Waals surface area contributed by atoms with Crippen LogP contribution in [0.3, 0.4) is 0 Å². The highest BCUT2D eigenvalue weighted by molar-refractivity contribution is 7.55. The molecular weight excluding hydrogens is 603 g/mol. The summed E-state index contributed by atoms with van der Waals surface area (Å²) in [6.07, 6.45) is -1.54. The van der Waals surface area contributed by atoms with Gasteiger partial charge in [-0.25, -0.2) is 14.2 Å².